The van der Waals surface area contributed by atoms with Crippen LogP contribution in [0.1, 0.15) is 27.1 Å². The highest BCUT2D eigenvalue weighted by atomic mass is 32.2. The third-order valence-electron chi connectivity index (χ3n) is 3.90. The second-order valence-electron chi connectivity index (χ2n) is 5.28. The van der Waals surface area contributed by atoms with E-state index in [2.05, 4.69) is 0 Å². The van der Waals surface area contributed by atoms with Crippen LogP contribution in [0.2, 0.25) is 0 Å². The van der Waals surface area contributed by atoms with Crippen molar-refractivity contribution >= 4 is 34.1 Å². The van der Waals surface area contributed by atoms with Crippen LogP contribution in [0.3, 0.4) is 0 Å². The monoisotopic (exact) mass is 304 g/mol. The lowest BCUT2D eigenvalue weighted by Crippen LogP contribution is -2.13. The Labute approximate surface area is 132 Å². The van der Waals surface area contributed by atoms with Gasteiger partial charge in [-0.2, -0.15) is 0 Å². The second kappa shape index (κ2) is 5.11. The average Bonchev–Trinajstić information content (AvgIpc) is 2.54. The lowest BCUT2D eigenvalue weighted by atomic mass is 9.98. The maximum absolute atomic E-state index is 12.5. The smallest absolute Gasteiger partial charge is 0.171 e. The zero-order chi connectivity index (χ0) is 15.1. The first-order chi connectivity index (χ1) is 10.7. The van der Waals surface area contributed by atoms with Crippen molar-refractivity contribution < 1.29 is 9.59 Å². The van der Waals surface area contributed by atoms with E-state index in [1.165, 1.54) is 11.8 Å². The maximum Gasteiger partial charge on any atom is 0.171 e. The van der Waals surface area contributed by atoms with E-state index in [1.807, 2.05) is 54.6 Å². The van der Waals surface area contributed by atoms with Crippen LogP contribution in [0.5, 0.6) is 0 Å². The standard InChI is InChI=1S/C19H12O2S/c20-16-11-17(21)15-10-9-12-5-1-2-6-13(12)19(15)22-18-8-4-3-7-14(16)18/h1-10H,11H2. The molecule has 0 saturated heterocycles. The predicted octanol–water partition coefficient (Wildman–Crippen LogP) is 4.76. The molecule has 0 saturated carbocycles. The zero-order valence-electron chi connectivity index (χ0n) is 11.7. The van der Waals surface area contributed by atoms with Crippen LogP contribution in [0.25, 0.3) is 10.8 Å². The number of hydrogen-bond donors (Lipinski definition) is 0. The minimum atomic E-state index is -0.105. The molecule has 106 valence electrons. The summed E-state index contributed by atoms with van der Waals surface area (Å²) >= 11 is 1.51. The van der Waals surface area contributed by atoms with Gasteiger partial charge in [-0.05, 0) is 22.9 Å². The van der Waals surface area contributed by atoms with Crippen molar-refractivity contribution in [3.05, 3.63) is 71.8 Å². The van der Waals surface area contributed by atoms with Gasteiger partial charge in [-0.1, -0.05) is 60.3 Å². The van der Waals surface area contributed by atoms with Gasteiger partial charge >= 0.3 is 0 Å². The molecule has 0 aromatic heterocycles. The molecule has 0 N–H and O–H groups in total. The Morgan fingerprint density at radius 2 is 1.45 bits per heavy atom. The van der Waals surface area contributed by atoms with Gasteiger partial charge in [0.1, 0.15) is 0 Å². The fourth-order valence-corrected chi connectivity index (χ4v) is 4.05. The number of hydrogen-bond acceptors (Lipinski definition) is 3. The van der Waals surface area contributed by atoms with E-state index in [0.717, 1.165) is 20.6 Å². The van der Waals surface area contributed by atoms with Crippen molar-refractivity contribution in [3.63, 3.8) is 0 Å². The van der Waals surface area contributed by atoms with E-state index in [9.17, 15) is 9.59 Å². The predicted molar refractivity (Wildman–Crippen MR) is 87.8 cm³/mol. The largest absolute Gasteiger partial charge is 0.294 e. The molecule has 0 aliphatic carbocycles. The van der Waals surface area contributed by atoms with Gasteiger partial charge in [-0.25, -0.2) is 0 Å². The van der Waals surface area contributed by atoms with Crippen molar-refractivity contribution in [2.24, 2.45) is 0 Å². The molecule has 3 heteroatoms. The molecule has 0 spiro atoms. The minimum absolute atomic E-state index is 0.0666. The number of carbonyl (C=O) groups excluding carboxylic acids is 2. The summed E-state index contributed by atoms with van der Waals surface area (Å²) in [6, 6.07) is 19.3. The van der Waals surface area contributed by atoms with Gasteiger partial charge in [0.05, 0.1) is 6.42 Å². The summed E-state index contributed by atoms with van der Waals surface area (Å²) in [4.78, 5) is 26.7. The Bertz CT molecular complexity index is 928. The molecular formula is C19H12O2S. The van der Waals surface area contributed by atoms with E-state index in [1.54, 1.807) is 6.07 Å². The van der Waals surface area contributed by atoms with Crippen LogP contribution >= 0.6 is 11.8 Å². The molecule has 0 amide bonds. The van der Waals surface area contributed by atoms with Crippen LogP contribution in [0, 0.1) is 0 Å². The lowest BCUT2D eigenvalue weighted by Gasteiger charge is -2.17. The van der Waals surface area contributed by atoms with Gasteiger partial charge in [0.2, 0.25) is 0 Å². The molecule has 0 atom stereocenters. The van der Waals surface area contributed by atoms with Gasteiger partial charge in [-0.3, -0.25) is 9.59 Å². The first kappa shape index (κ1) is 13.3. The van der Waals surface area contributed by atoms with E-state index in [0.29, 0.717) is 11.1 Å². The minimum Gasteiger partial charge on any atom is -0.294 e. The molecule has 0 bridgehead atoms. The molecule has 1 aliphatic rings. The summed E-state index contributed by atoms with van der Waals surface area (Å²) in [7, 11) is 0. The molecule has 4 rings (SSSR count). The van der Waals surface area contributed by atoms with Crippen molar-refractivity contribution in [3.8, 4) is 0 Å². The van der Waals surface area contributed by atoms with E-state index in [-0.39, 0.29) is 18.0 Å². The highest BCUT2D eigenvalue weighted by Crippen LogP contribution is 2.40. The first-order valence-electron chi connectivity index (χ1n) is 7.09. The molecule has 0 unspecified atom stereocenters. The maximum atomic E-state index is 12.5. The van der Waals surface area contributed by atoms with E-state index >= 15 is 0 Å². The van der Waals surface area contributed by atoms with Gasteiger partial charge < -0.3 is 0 Å². The molecule has 1 heterocycles. The number of rotatable bonds is 0. The van der Waals surface area contributed by atoms with Gasteiger partial charge in [0.15, 0.2) is 11.6 Å². The lowest BCUT2D eigenvalue weighted by molar-refractivity contribution is 0.0890. The molecule has 3 aromatic carbocycles. The van der Waals surface area contributed by atoms with Crippen LogP contribution in [-0.2, 0) is 0 Å². The van der Waals surface area contributed by atoms with Crippen molar-refractivity contribution in [2.45, 2.75) is 16.2 Å². The van der Waals surface area contributed by atoms with E-state index < -0.39 is 0 Å². The van der Waals surface area contributed by atoms with Crippen LogP contribution in [-0.4, -0.2) is 11.6 Å². The quantitative estimate of drug-likeness (QED) is 0.562. The zero-order valence-corrected chi connectivity index (χ0v) is 12.5. The van der Waals surface area contributed by atoms with Gasteiger partial charge in [0, 0.05) is 20.9 Å². The fraction of sp³-hybridized carbons (Fsp3) is 0.0526. The van der Waals surface area contributed by atoms with Crippen molar-refractivity contribution in [1.82, 2.24) is 0 Å². The average molecular weight is 304 g/mol. The molecule has 0 radical (unpaired) electrons. The summed E-state index contributed by atoms with van der Waals surface area (Å²) in [5.74, 6) is -0.209. The Balaban J connectivity index is 2.02. The summed E-state index contributed by atoms with van der Waals surface area (Å²) < 4.78 is 0. The topological polar surface area (TPSA) is 34.1 Å². The summed E-state index contributed by atoms with van der Waals surface area (Å²) in [5, 5.41) is 2.16. The summed E-state index contributed by atoms with van der Waals surface area (Å²) in [5.41, 5.74) is 1.28. The molecule has 22 heavy (non-hydrogen) atoms. The summed E-state index contributed by atoms with van der Waals surface area (Å²) in [6.07, 6.45) is -0.0666. The molecule has 2 nitrogen and oxygen atoms in total. The molecular weight excluding hydrogens is 292 g/mol. The van der Waals surface area contributed by atoms with E-state index in [4.69, 9.17) is 0 Å². The third kappa shape index (κ3) is 2.06. The Morgan fingerprint density at radius 3 is 2.36 bits per heavy atom. The SMILES string of the molecule is O=C1CC(=O)c2ccc3ccccc3c2Sc2ccccc21. The van der Waals surface area contributed by atoms with Crippen LogP contribution in [0.4, 0.5) is 0 Å². The highest BCUT2D eigenvalue weighted by Gasteiger charge is 2.24. The van der Waals surface area contributed by atoms with Crippen LogP contribution in [0.15, 0.2) is 70.5 Å². The normalized spacial score (nSPS) is 14.2. The second-order valence-corrected chi connectivity index (χ2v) is 6.34. The van der Waals surface area contributed by atoms with Gasteiger partial charge in [-0.15, -0.1) is 0 Å². The highest BCUT2D eigenvalue weighted by molar-refractivity contribution is 7.99. The number of carbonyl (C=O) groups is 2. The number of Topliss-reactive ketones (excluding diaryl/α,β-unsaturated/α-hetero) is 2. The molecule has 0 fully saturated rings. The Hall–Kier alpha value is -2.39. The summed E-state index contributed by atoms with van der Waals surface area (Å²) in [6.45, 7) is 0. The number of ketones is 2. The van der Waals surface area contributed by atoms with Crippen molar-refractivity contribution in [1.29, 1.82) is 0 Å². The Morgan fingerprint density at radius 1 is 0.727 bits per heavy atom. The fourth-order valence-electron chi connectivity index (χ4n) is 2.80. The first-order valence-corrected chi connectivity index (χ1v) is 7.91. The number of benzene rings is 3. The molecule has 3 aromatic rings. The Kier molecular flexibility index (Phi) is 3.09. The molecule has 1 aliphatic heterocycles. The van der Waals surface area contributed by atoms with Gasteiger partial charge in [0.25, 0.3) is 0 Å². The number of fused-ring (bicyclic) bond motifs is 4. The van der Waals surface area contributed by atoms with Crippen LogP contribution < -0.4 is 0 Å². The third-order valence-corrected chi connectivity index (χ3v) is 5.12. The van der Waals surface area contributed by atoms with Crippen molar-refractivity contribution in [2.75, 3.05) is 0 Å².